The van der Waals surface area contributed by atoms with Crippen LogP contribution in [-0.4, -0.2) is 55.0 Å². The molecule has 3 heteroatoms. The molecule has 0 amide bonds. The van der Waals surface area contributed by atoms with Crippen LogP contribution in [0.1, 0.15) is 41.5 Å². The van der Waals surface area contributed by atoms with Crippen LogP contribution in [0.2, 0.25) is 4.03 Å². The van der Waals surface area contributed by atoms with Crippen molar-refractivity contribution in [2.75, 3.05) is 0 Å². The summed E-state index contributed by atoms with van der Waals surface area (Å²) >= 11 is 1.34. The van der Waals surface area contributed by atoms with Gasteiger partial charge in [-0.25, -0.2) is 0 Å². The summed E-state index contributed by atoms with van der Waals surface area (Å²) in [6, 6.07) is 0. The van der Waals surface area contributed by atoms with E-state index in [1.54, 1.807) is 0 Å². The maximum atomic E-state index is 2.48. The molecule has 0 aromatic rings. The predicted molar refractivity (Wildman–Crippen MR) is 63.7 cm³/mol. The Bertz CT molecular complexity index is 156. The Kier molecular flexibility index (Phi) is 4.86. The van der Waals surface area contributed by atoms with Gasteiger partial charge in [-0.1, -0.05) is 0 Å². The van der Waals surface area contributed by atoms with Gasteiger partial charge in [0, 0.05) is 0 Å². The summed E-state index contributed by atoms with van der Waals surface area (Å²) in [6.07, 6.45) is 0. The zero-order valence-corrected chi connectivity index (χ0v) is 16.4. The molecule has 0 N–H and O–H groups in total. The Morgan fingerprint density at radius 1 is 0.692 bits per heavy atom. The summed E-state index contributed by atoms with van der Waals surface area (Å²) in [5.41, 5.74) is 1.35. The molecular weight excluding hydrogens is 503 g/mol. The third-order valence-electron chi connectivity index (χ3n) is 1.89. The van der Waals surface area contributed by atoms with Crippen LogP contribution in [0.4, 0.5) is 0 Å². The van der Waals surface area contributed by atoms with Gasteiger partial charge in [-0.05, 0) is 0 Å². The molecule has 13 heavy (non-hydrogen) atoms. The maximum absolute atomic E-state index is 2.48. The fraction of sp³-hybridized carbons (Fsp3) is 1.00. The van der Waals surface area contributed by atoms with E-state index < -0.39 is 0 Å². The van der Waals surface area contributed by atoms with Gasteiger partial charge in [0.2, 0.25) is 0 Å². The van der Waals surface area contributed by atoms with Gasteiger partial charge in [0.25, 0.3) is 0 Å². The Morgan fingerprint density at radius 2 is 1.00 bits per heavy atom. The van der Waals surface area contributed by atoms with Crippen LogP contribution in [0.15, 0.2) is 0 Å². The van der Waals surface area contributed by atoms with Gasteiger partial charge in [0.05, 0.1) is 0 Å². The number of hydrogen-bond acceptors (Lipinski definition) is 0. The molecule has 1 rings (SSSR count). The van der Waals surface area contributed by atoms with Crippen molar-refractivity contribution in [3.63, 3.8) is 0 Å². The molecule has 2 unspecified atom stereocenters. The van der Waals surface area contributed by atoms with E-state index in [1.807, 2.05) is 0 Å². The Morgan fingerprint density at radius 3 is 1.15 bits per heavy atom. The zero-order valence-electron chi connectivity index (χ0n) is 9.38. The summed E-state index contributed by atoms with van der Waals surface area (Å²) in [5, 5.41) is 0. The van der Waals surface area contributed by atoms with Crippen molar-refractivity contribution in [3.8, 4) is 0 Å². The van der Waals surface area contributed by atoms with Crippen molar-refractivity contribution < 1.29 is 0 Å². The molecule has 0 aromatic heterocycles. The first kappa shape index (κ1) is 13.4. The number of hydrogen-bond donors (Lipinski definition) is 0. The molecule has 2 atom stereocenters. The summed E-state index contributed by atoms with van der Waals surface area (Å²) < 4.78 is 2.55. The first-order chi connectivity index (χ1) is 5.71. The van der Waals surface area contributed by atoms with E-state index in [0.29, 0.717) is 65.9 Å². The van der Waals surface area contributed by atoms with Crippen molar-refractivity contribution in [1.82, 2.24) is 0 Å². The Labute approximate surface area is 110 Å². The minimum absolute atomic E-state index is 0.361. The van der Waals surface area contributed by atoms with Crippen molar-refractivity contribution >= 4 is 55.0 Å². The van der Waals surface area contributed by atoms with Gasteiger partial charge in [0.15, 0.2) is 0 Å². The molecule has 0 saturated carbocycles. The predicted octanol–water partition coefficient (Wildman–Crippen LogP) is 2.61. The van der Waals surface area contributed by atoms with E-state index in [1.165, 1.54) is 4.03 Å². The number of rotatable bonds is 0. The molecule has 0 aromatic carbocycles. The molecule has 0 radical (unpaired) electrons. The standard InChI is InChI=1S/C10H20Te3/c1-9(2,3)7-11-8(13-12-7)10(4,5)6/h7-8H,1-6H3. The van der Waals surface area contributed by atoms with Gasteiger partial charge in [-0.2, -0.15) is 0 Å². The molecule has 78 valence electrons. The molecule has 1 saturated heterocycles. The molecule has 0 nitrogen and oxygen atoms in total. The summed E-state index contributed by atoms with van der Waals surface area (Å²) in [6.45, 7) is 14.9. The van der Waals surface area contributed by atoms with Crippen LogP contribution >= 0.6 is 0 Å². The van der Waals surface area contributed by atoms with E-state index in [4.69, 9.17) is 0 Å². The molecule has 1 aliphatic heterocycles. The molecule has 1 aliphatic rings. The van der Waals surface area contributed by atoms with Gasteiger partial charge >= 0.3 is 111 Å². The van der Waals surface area contributed by atoms with Crippen LogP contribution in [-0.2, 0) is 0 Å². The average molecular weight is 523 g/mol. The average Bonchev–Trinajstić information content (AvgIpc) is 2.28. The second-order valence-electron chi connectivity index (χ2n) is 5.72. The van der Waals surface area contributed by atoms with Crippen molar-refractivity contribution in [3.05, 3.63) is 0 Å². The van der Waals surface area contributed by atoms with Gasteiger partial charge in [0.1, 0.15) is 0 Å². The van der Waals surface area contributed by atoms with E-state index in [9.17, 15) is 0 Å². The Balaban J connectivity index is 2.55. The Hall–Kier alpha value is 2.37. The summed E-state index contributed by atoms with van der Waals surface area (Å²) in [5.74, 6) is 0. The van der Waals surface area contributed by atoms with Crippen molar-refractivity contribution in [2.45, 2.75) is 45.6 Å². The van der Waals surface area contributed by atoms with Crippen LogP contribution in [0.5, 0.6) is 0 Å². The van der Waals surface area contributed by atoms with E-state index in [-0.39, 0.29) is 0 Å². The monoisotopic (exact) mass is 530 g/mol. The van der Waals surface area contributed by atoms with Gasteiger partial charge in [-0.15, -0.1) is 0 Å². The van der Waals surface area contributed by atoms with E-state index in [0.717, 1.165) is 0 Å². The quantitative estimate of drug-likeness (QED) is 0.429. The first-order valence-corrected chi connectivity index (χ1v) is 17.4. The molecule has 0 bridgehead atoms. The third kappa shape index (κ3) is 4.03. The molecule has 0 aliphatic carbocycles. The summed E-state index contributed by atoms with van der Waals surface area (Å²) in [7, 11) is 0. The second-order valence-corrected chi connectivity index (χ2v) is 26.1. The van der Waals surface area contributed by atoms with Gasteiger partial charge < -0.3 is 0 Å². The first-order valence-electron chi connectivity index (χ1n) is 4.69. The van der Waals surface area contributed by atoms with Crippen molar-refractivity contribution in [1.29, 1.82) is 0 Å². The van der Waals surface area contributed by atoms with E-state index >= 15 is 0 Å². The second kappa shape index (κ2) is 4.70. The van der Waals surface area contributed by atoms with E-state index in [2.05, 4.69) is 41.5 Å². The molecule has 1 heterocycles. The van der Waals surface area contributed by atoms with Crippen molar-refractivity contribution in [2.24, 2.45) is 10.8 Å². The SMILES string of the molecule is CC(C)(C)C1[Te][Te]C(C(C)(C)C)[Te]1. The zero-order chi connectivity index (χ0) is 10.3. The molecule has 1 fully saturated rings. The van der Waals surface area contributed by atoms with Gasteiger partial charge in [-0.3, -0.25) is 0 Å². The molecular formula is C10H20Te3. The van der Waals surface area contributed by atoms with Crippen LogP contribution in [0, 0.1) is 10.8 Å². The van der Waals surface area contributed by atoms with Crippen LogP contribution < -0.4 is 0 Å². The fourth-order valence-electron chi connectivity index (χ4n) is 0.955. The fourth-order valence-corrected chi connectivity index (χ4v) is 55.2. The topological polar surface area (TPSA) is 0 Å². The normalized spacial score (nSPS) is 30.9. The summed E-state index contributed by atoms with van der Waals surface area (Å²) in [4.78, 5) is 0. The van der Waals surface area contributed by atoms with Crippen LogP contribution in [0.3, 0.4) is 0 Å². The third-order valence-corrected chi connectivity index (χ3v) is 45.9. The minimum atomic E-state index is 0.361. The van der Waals surface area contributed by atoms with Crippen LogP contribution in [0.25, 0.3) is 0 Å². The molecule has 0 spiro atoms.